The van der Waals surface area contributed by atoms with Crippen LogP contribution in [-0.4, -0.2) is 11.0 Å². The first-order valence-electron chi connectivity index (χ1n) is 6.46. The number of benzene rings is 1. The number of nitrogens with one attached hydrogen (secondary N) is 2. The first-order chi connectivity index (χ1) is 9.58. The van der Waals surface area contributed by atoms with Gasteiger partial charge in [-0.3, -0.25) is 0 Å². The molecule has 0 aliphatic rings. The maximum atomic E-state index is 11.9. The second-order valence-electron chi connectivity index (χ2n) is 4.46. The fourth-order valence-corrected chi connectivity index (χ4v) is 2.54. The highest BCUT2D eigenvalue weighted by molar-refractivity contribution is 7.11. The van der Waals surface area contributed by atoms with Gasteiger partial charge in [0.2, 0.25) is 0 Å². The number of carbonyl (C=O) groups is 1. The van der Waals surface area contributed by atoms with Gasteiger partial charge in [-0.05, 0) is 37.6 Å². The van der Waals surface area contributed by atoms with Gasteiger partial charge in [0.25, 0.3) is 0 Å². The molecule has 0 saturated heterocycles. The molecule has 0 bridgehead atoms. The second-order valence-corrected chi connectivity index (χ2v) is 5.61. The minimum absolute atomic E-state index is 0.117. The van der Waals surface area contributed by atoms with E-state index in [9.17, 15) is 4.79 Å². The van der Waals surface area contributed by atoms with Crippen molar-refractivity contribution in [3.8, 4) is 0 Å². The molecule has 0 spiro atoms. The number of nitrogens with two attached hydrogens (primary N) is 1. The lowest BCUT2D eigenvalue weighted by molar-refractivity contribution is 0.249. The van der Waals surface area contributed by atoms with Crippen LogP contribution in [0.1, 0.15) is 29.8 Å². The van der Waals surface area contributed by atoms with Crippen molar-refractivity contribution in [1.29, 1.82) is 0 Å². The summed E-state index contributed by atoms with van der Waals surface area (Å²) in [5.74, 6) is 0. The smallest absolute Gasteiger partial charge is 0.319 e. The van der Waals surface area contributed by atoms with Gasteiger partial charge in [-0.2, -0.15) is 0 Å². The number of aromatic nitrogens is 1. The number of hydrogen-bond acceptors (Lipinski definition) is 4. The van der Waals surface area contributed by atoms with E-state index in [1.807, 2.05) is 13.1 Å². The molecule has 5 nitrogen and oxygen atoms in total. The monoisotopic (exact) mass is 290 g/mol. The summed E-state index contributed by atoms with van der Waals surface area (Å²) < 4.78 is 0. The van der Waals surface area contributed by atoms with E-state index in [0.717, 1.165) is 11.4 Å². The largest absolute Gasteiger partial charge is 0.399 e. The molecule has 0 aliphatic carbocycles. The van der Waals surface area contributed by atoms with Gasteiger partial charge in [0, 0.05) is 22.4 Å². The number of amides is 2. The molecule has 1 heterocycles. The Labute approximate surface area is 122 Å². The minimum atomic E-state index is -0.254. The molecule has 2 rings (SSSR count). The Morgan fingerprint density at radius 3 is 2.70 bits per heavy atom. The van der Waals surface area contributed by atoms with Crippen molar-refractivity contribution in [1.82, 2.24) is 10.3 Å². The van der Waals surface area contributed by atoms with Gasteiger partial charge in [-0.15, -0.1) is 11.3 Å². The van der Waals surface area contributed by atoms with Gasteiger partial charge in [0.05, 0.1) is 6.04 Å². The van der Waals surface area contributed by atoms with Gasteiger partial charge >= 0.3 is 6.03 Å². The molecule has 1 aromatic carbocycles. The van der Waals surface area contributed by atoms with Crippen molar-refractivity contribution in [2.75, 3.05) is 11.1 Å². The Kier molecular flexibility index (Phi) is 4.57. The highest BCUT2D eigenvalue weighted by Gasteiger charge is 2.13. The molecule has 0 aliphatic heterocycles. The van der Waals surface area contributed by atoms with Crippen molar-refractivity contribution >= 4 is 28.7 Å². The number of hydrogen-bond donors (Lipinski definition) is 3. The lowest BCUT2D eigenvalue weighted by Gasteiger charge is -2.12. The number of aryl methyl sites for hydroxylation is 1. The standard InChI is InChI=1S/C14H18N4OS/c1-3-12-8-16-13(20-12)9(2)17-14(19)18-11-6-4-10(15)5-7-11/h4-9H,3,15H2,1-2H3,(H2,17,18,19). The van der Waals surface area contributed by atoms with Crippen molar-refractivity contribution in [3.05, 3.63) is 40.3 Å². The van der Waals surface area contributed by atoms with Gasteiger partial charge in [-0.25, -0.2) is 9.78 Å². The first kappa shape index (κ1) is 14.3. The van der Waals surface area contributed by atoms with Crippen LogP contribution < -0.4 is 16.4 Å². The van der Waals surface area contributed by atoms with Crippen molar-refractivity contribution in [2.24, 2.45) is 0 Å². The zero-order chi connectivity index (χ0) is 14.5. The minimum Gasteiger partial charge on any atom is -0.399 e. The molecule has 6 heteroatoms. The first-order valence-corrected chi connectivity index (χ1v) is 7.27. The zero-order valence-corrected chi connectivity index (χ0v) is 12.3. The predicted octanol–water partition coefficient (Wildman–Crippen LogP) is 3.17. The molecule has 1 atom stereocenters. The molecule has 2 amide bonds. The Balaban J connectivity index is 1.92. The third kappa shape index (κ3) is 3.71. The molecule has 0 radical (unpaired) electrons. The Morgan fingerprint density at radius 1 is 1.40 bits per heavy atom. The van der Waals surface area contributed by atoms with E-state index in [4.69, 9.17) is 5.73 Å². The topological polar surface area (TPSA) is 80.0 Å². The molecule has 2 aromatic rings. The second kappa shape index (κ2) is 6.38. The summed E-state index contributed by atoms with van der Waals surface area (Å²) in [5.41, 5.74) is 6.97. The summed E-state index contributed by atoms with van der Waals surface area (Å²) in [7, 11) is 0. The highest BCUT2D eigenvalue weighted by Crippen LogP contribution is 2.20. The van der Waals surface area contributed by atoms with E-state index in [2.05, 4.69) is 22.5 Å². The molecular formula is C14H18N4OS. The van der Waals surface area contributed by atoms with E-state index in [1.54, 1.807) is 35.6 Å². The van der Waals surface area contributed by atoms with Crippen molar-refractivity contribution < 1.29 is 4.79 Å². The summed E-state index contributed by atoms with van der Waals surface area (Å²) in [6, 6.07) is 6.64. The lowest BCUT2D eigenvalue weighted by Crippen LogP contribution is -2.31. The average molecular weight is 290 g/mol. The summed E-state index contributed by atoms with van der Waals surface area (Å²) in [4.78, 5) is 17.4. The summed E-state index contributed by atoms with van der Waals surface area (Å²) in [6.45, 7) is 4.00. The fraction of sp³-hybridized carbons (Fsp3) is 0.286. The normalized spacial score (nSPS) is 11.9. The van der Waals surface area contributed by atoms with Crippen molar-refractivity contribution in [2.45, 2.75) is 26.3 Å². The Bertz CT molecular complexity index is 579. The van der Waals surface area contributed by atoms with E-state index in [-0.39, 0.29) is 12.1 Å². The molecule has 1 unspecified atom stereocenters. The Morgan fingerprint density at radius 2 is 2.10 bits per heavy atom. The lowest BCUT2D eigenvalue weighted by atomic mass is 10.3. The third-order valence-electron chi connectivity index (χ3n) is 2.81. The summed E-state index contributed by atoms with van der Waals surface area (Å²) in [6.07, 6.45) is 2.82. The number of urea groups is 1. The number of carbonyl (C=O) groups excluding carboxylic acids is 1. The third-order valence-corrected chi connectivity index (χ3v) is 4.13. The van der Waals surface area contributed by atoms with Gasteiger partial charge in [0.1, 0.15) is 5.01 Å². The highest BCUT2D eigenvalue weighted by atomic mass is 32.1. The van der Waals surface area contributed by atoms with Crippen LogP contribution in [0.25, 0.3) is 0 Å². The van der Waals surface area contributed by atoms with Crippen LogP contribution in [0.15, 0.2) is 30.5 Å². The van der Waals surface area contributed by atoms with Crippen LogP contribution in [-0.2, 0) is 6.42 Å². The van der Waals surface area contributed by atoms with Gasteiger partial charge < -0.3 is 16.4 Å². The number of thiazole rings is 1. The van der Waals surface area contributed by atoms with Crippen LogP contribution in [0.4, 0.5) is 16.2 Å². The molecule has 0 fully saturated rings. The number of nitrogens with zero attached hydrogens (tertiary/aromatic N) is 1. The number of nitrogen functional groups attached to an aromatic ring is 1. The predicted molar refractivity (Wildman–Crippen MR) is 82.9 cm³/mol. The van der Waals surface area contributed by atoms with Crippen LogP contribution in [0, 0.1) is 0 Å². The maximum absolute atomic E-state index is 11.9. The molecule has 20 heavy (non-hydrogen) atoms. The van der Waals surface area contributed by atoms with E-state index in [1.165, 1.54) is 4.88 Å². The summed E-state index contributed by atoms with van der Waals surface area (Å²) in [5, 5.41) is 6.54. The number of rotatable bonds is 4. The van der Waals surface area contributed by atoms with Gasteiger partial charge in [-0.1, -0.05) is 6.92 Å². The van der Waals surface area contributed by atoms with E-state index < -0.39 is 0 Å². The van der Waals surface area contributed by atoms with Crippen LogP contribution in [0.2, 0.25) is 0 Å². The summed E-state index contributed by atoms with van der Waals surface area (Å²) >= 11 is 1.62. The van der Waals surface area contributed by atoms with Crippen LogP contribution in [0.3, 0.4) is 0 Å². The molecular weight excluding hydrogens is 272 g/mol. The zero-order valence-electron chi connectivity index (χ0n) is 11.5. The fourth-order valence-electron chi connectivity index (χ4n) is 1.68. The van der Waals surface area contributed by atoms with Crippen molar-refractivity contribution in [3.63, 3.8) is 0 Å². The quantitative estimate of drug-likeness (QED) is 0.757. The van der Waals surface area contributed by atoms with Gasteiger partial charge in [0.15, 0.2) is 0 Å². The number of anilines is 2. The van der Waals surface area contributed by atoms with Crippen LogP contribution in [0.5, 0.6) is 0 Å². The molecule has 0 saturated carbocycles. The maximum Gasteiger partial charge on any atom is 0.319 e. The molecule has 106 valence electrons. The van der Waals surface area contributed by atoms with Crippen LogP contribution >= 0.6 is 11.3 Å². The molecule has 4 N–H and O–H groups in total. The van der Waals surface area contributed by atoms with E-state index >= 15 is 0 Å². The average Bonchev–Trinajstić information content (AvgIpc) is 2.90. The Hall–Kier alpha value is -2.08. The SMILES string of the molecule is CCc1cnc(C(C)NC(=O)Nc2ccc(N)cc2)s1. The molecule has 1 aromatic heterocycles. The van der Waals surface area contributed by atoms with E-state index in [0.29, 0.717) is 11.4 Å².